The normalized spacial score (nSPS) is 15.6. The Kier molecular flexibility index (Phi) is 5.84. The van der Waals surface area contributed by atoms with Gasteiger partial charge in [-0.25, -0.2) is 15.2 Å². The van der Waals surface area contributed by atoms with Crippen LogP contribution >= 0.6 is 11.6 Å². The minimum atomic E-state index is -1.39. The number of ether oxygens (including phenoxy) is 1. The van der Waals surface area contributed by atoms with Crippen molar-refractivity contribution in [3.63, 3.8) is 0 Å². The quantitative estimate of drug-likeness (QED) is 0.452. The Hall–Kier alpha value is -1.26. The highest BCUT2D eigenvalue weighted by Crippen LogP contribution is 2.26. The van der Waals surface area contributed by atoms with Gasteiger partial charge in [-0.05, 0) is 13.3 Å². The lowest BCUT2D eigenvalue weighted by atomic mass is 10.1. The van der Waals surface area contributed by atoms with E-state index in [2.05, 4.69) is 0 Å². The molecule has 4 N–H and O–H groups in total. The van der Waals surface area contributed by atoms with Crippen LogP contribution in [0.15, 0.2) is 12.1 Å². The number of carbonyl (C=O) groups is 1. The highest BCUT2D eigenvalue weighted by Gasteiger charge is 2.24. The van der Waals surface area contributed by atoms with Crippen LogP contribution in [0.1, 0.15) is 30.6 Å². The predicted octanol–water partition coefficient (Wildman–Crippen LogP) is 0.102. The van der Waals surface area contributed by atoms with Gasteiger partial charge in [0, 0.05) is 12.1 Å². The van der Waals surface area contributed by atoms with Gasteiger partial charge in [-0.3, -0.25) is 0 Å². The van der Waals surface area contributed by atoms with Crippen molar-refractivity contribution in [2.24, 2.45) is 0 Å². The molecule has 20 heavy (non-hydrogen) atoms. The molecule has 1 aromatic carbocycles. The Morgan fingerprint density at radius 3 is 2.35 bits per heavy atom. The van der Waals surface area contributed by atoms with Crippen molar-refractivity contribution in [2.75, 3.05) is 0 Å². The van der Waals surface area contributed by atoms with E-state index in [0.717, 1.165) is 12.1 Å². The van der Waals surface area contributed by atoms with Crippen molar-refractivity contribution in [2.45, 2.75) is 26.4 Å². The molecule has 9 heteroatoms. The second-order valence-corrected chi connectivity index (χ2v) is 4.52. The molecule has 0 aromatic heterocycles. The van der Waals surface area contributed by atoms with Crippen molar-refractivity contribution in [3.8, 4) is 0 Å². The highest BCUT2D eigenvalue weighted by molar-refractivity contribution is 6.33. The molecule has 1 aromatic rings. The van der Waals surface area contributed by atoms with Crippen LogP contribution in [0.4, 0.5) is 11.4 Å². The first-order valence-electron chi connectivity index (χ1n) is 5.79. The van der Waals surface area contributed by atoms with Gasteiger partial charge < -0.3 is 15.2 Å². The second-order valence-electron chi connectivity index (χ2n) is 4.11. The zero-order chi connectivity index (χ0) is 15.4. The molecule has 3 unspecified atom stereocenters. The molecule has 0 saturated carbocycles. The van der Waals surface area contributed by atoms with E-state index in [1.54, 1.807) is 13.8 Å². The lowest BCUT2D eigenvalue weighted by Gasteiger charge is -2.19. The van der Waals surface area contributed by atoms with Crippen LogP contribution in [0.2, 0.25) is 5.02 Å². The van der Waals surface area contributed by atoms with Crippen molar-refractivity contribution < 1.29 is 30.4 Å². The first-order valence-corrected chi connectivity index (χ1v) is 6.16. The zero-order valence-corrected chi connectivity index (χ0v) is 11.6. The number of hydrogen-bond acceptors (Lipinski definition) is 6. The molecule has 0 amide bonds. The molecule has 0 bridgehead atoms. The third-order valence-corrected chi connectivity index (χ3v) is 2.98. The number of benzene rings is 1. The molecule has 0 radical (unpaired) electrons. The number of carbonyl (C=O) groups excluding carboxylic acids is 1. The monoisotopic (exact) mass is 306 g/mol. The average molecular weight is 307 g/mol. The number of esters is 1. The summed E-state index contributed by atoms with van der Waals surface area (Å²) in [5.74, 6) is -0.893. The van der Waals surface area contributed by atoms with E-state index < -0.39 is 28.2 Å². The van der Waals surface area contributed by atoms with E-state index in [-0.39, 0.29) is 16.3 Å². The Balaban J connectivity index is 3.27. The summed E-state index contributed by atoms with van der Waals surface area (Å²) in [5.41, 5.74) is -1.08. The van der Waals surface area contributed by atoms with Crippen molar-refractivity contribution >= 4 is 28.9 Å². The molecule has 112 valence electrons. The first kappa shape index (κ1) is 16.8. The van der Waals surface area contributed by atoms with Gasteiger partial charge in [0.1, 0.15) is 10.6 Å². The third kappa shape index (κ3) is 3.87. The lowest BCUT2D eigenvalue weighted by Crippen LogP contribution is -3.00. The Morgan fingerprint density at radius 1 is 1.35 bits per heavy atom. The molecule has 3 atom stereocenters. The first-order chi connectivity index (χ1) is 9.27. The molecule has 0 spiro atoms. The Morgan fingerprint density at radius 2 is 1.90 bits per heavy atom. The van der Waals surface area contributed by atoms with Crippen LogP contribution < -0.4 is 10.5 Å². The summed E-state index contributed by atoms with van der Waals surface area (Å²) in [6, 6.07) is 1.85. The highest BCUT2D eigenvalue weighted by atomic mass is 35.5. The van der Waals surface area contributed by atoms with Gasteiger partial charge in [-0.2, -0.15) is 10.5 Å². The number of nitrogens with one attached hydrogen (secondary N) is 2. The summed E-state index contributed by atoms with van der Waals surface area (Å²) in [6.45, 7) is 3.44. The molecule has 0 aliphatic heterocycles. The maximum Gasteiger partial charge on any atom is 0.344 e. The molecular weight excluding hydrogens is 292 g/mol. The van der Waals surface area contributed by atoms with Crippen molar-refractivity contribution in [1.29, 1.82) is 0 Å². The molecular formula is C11H15ClN2O6. The van der Waals surface area contributed by atoms with Gasteiger partial charge in [-0.15, -0.1) is 0 Å². The summed E-state index contributed by atoms with van der Waals surface area (Å²) in [5, 5.41) is 37.1. The van der Waals surface area contributed by atoms with E-state index in [0.29, 0.717) is 6.42 Å². The van der Waals surface area contributed by atoms with Crippen LogP contribution in [-0.2, 0) is 4.74 Å². The molecule has 0 aliphatic rings. The Labute approximate surface area is 119 Å². The van der Waals surface area contributed by atoms with Crippen LogP contribution in [0, 0.1) is 10.4 Å². The average Bonchev–Trinajstić information content (AvgIpc) is 2.37. The summed E-state index contributed by atoms with van der Waals surface area (Å²) < 4.78 is 5.01. The molecule has 1 rings (SSSR count). The van der Waals surface area contributed by atoms with E-state index in [9.17, 15) is 15.2 Å². The second kappa shape index (κ2) is 6.95. The van der Waals surface area contributed by atoms with Gasteiger partial charge in [0.15, 0.2) is 11.4 Å². The van der Waals surface area contributed by atoms with E-state index in [1.165, 1.54) is 0 Å². The fraction of sp³-hybridized carbons (Fsp3) is 0.364. The zero-order valence-electron chi connectivity index (χ0n) is 10.8. The van der Waals surface area contributed by atoms with E-state index in [1.807, 2.05) is 0 Å². The number of quaternary nitrogens is 2. The summed E-state index contributed by atoms with van der Waals surface area (Å²) in [6.07, 6.45) is 0.140. The smallest absolute Gasteiger partial charge is 0.344 e. The van der Waals surface area contributed by atoms with E-state index in [4.69, 9.17) is 26.8 Å². The molecule has 0 saturated heterocycles. The lowest BCUT2D eigenvalue weighted by molar-refractivity contribution is -0.993. The fourth-order valence-corrected chi connectivity index (χ4v) is 1.66. The van der Waals surface area contributed by atoms with Crippen LogP contribution in [0.5, 0.6) is 0 Å². The third-order valence-electron chi connectivity index (χ3n) is 2.67. The van der Waals surface area contributed by atoms with Gasteiger partial charge in [0.05, 0.1) is 6.10 Å². The Bertz CT molecular complexity index is 494. The summed E-state index contributed by atoms with van der Waals surface area (Å²) in [4.78, 5) is 11.9. The van der Waals surface area contributed by atoms with Gasteiger partial charge in [0.2, 0.25) is 0 Å². The van der Waals surface area contributed by atoms with Crippen LogP contribution in [0.3, 0.4) is 0 Å². The number of hydrogen-bond donors (Lipinski definition) is 4. The van der Waals surface area contributed by atoms with Crippen LogP contribution in [-0.4, -0.2) is 22.5 Å². The predicted molar refractivity (Wildman–Crippen MR) is 68.2 cm³/mol. The summed E-state index contributed by atoms with van der Waals surface area (Å²) in [7, 11) is 0. The molecule has 0 aliphatic carbocycles. The van der Waals surface area contributed by atoms with Gasteiger partial charge in [-0.1, -0.05) is 18.5 Å². The maximum absolute atomic E-state index is 11.9. The fourth-order valence-electron chi connectivity index (χ4n) is 1.41. The topological polar surface area (TPSA) is 122 Å². The SMILES string of the molecule is CCC(C)OC(=O)c1cc([NH+]([O-])O)c(Cl)cc1[NH+]([O-])O. The van der Waals surface area contributed by atoms with Crippen LogP contribution in [0.25, 0.3) is 0 Å². The molecule has 0 heterocycles. The van der Waals surface area contributed by atoms with Crippen molar-refractivity contribution in [1.82, 2.24) is 0 Å². The number of halogens is 1. The van der Waals surface area contributed by atoms with Gasteiger partial charge in [0.25, 0.3) is 0 Å². The largest absolute Gasteiger partial charge is 0.595 e. The van der Waals surface area contributed by atoms with Gasteiger partial charge >= 0.3 is 5.97 Å². The van der Waals surface area contributed by atoms with E-state index >= 15 is 0 Å². The summed E-state index contributed by atoms with van der Waals surface area (Å²) >= 11 is 5.68. The minimum Gasteiger partial charge on any atom is -0.595 e. The standard InChI is InChI=1S/C11H15ClN2O6/c1-3-6(2)20-11(15)7-4-10(14(18)19)8(12)5-9(7)13(16)17/h4-6,13-14,16,18H,3H2,1-2H3. The molecule has 8 nitrogen and oxygen atoms in total. The van der Waals surface area contributed by atoms with Crippen molar-refractivity contribution in [3.05, 3.63) is 33.1 Å². The minimum absolute atomic E-state index is 0.255. The molecule has 0 fully saturated rings. The number of rotatable bonds is 5. The maximum atomic E-state index is 11.9.